The molecule has 3 heterocycles. The molecule has 4 rings (SSSR count). The number of carbonyl (C=O) groups is 1. The van der Waals surface area contributed by atoms with Gasteiger partial charge in [0.1, 0.15) is 5.65 Å². The Labute approximate surface area is 177 Å². The van der Waals surface area contributed by atoms with Crippen LogP contribution < -0.4 is 10.0 Å². The average molecular weight is 452 g/mol. The fraction of sp³-hybridized carbons (Fsp3) is 0.300. The van der Waals surface area contributed by atoms with Crippen LogP contribution in [0, 0.1) is 0 Å². The van der Waals surface area contributed by atoms with Gasteiger partial charge >= 0.3 is 0 Å². The fourth-order valence-electron chi connectivity index (χ4n) is 3.46. The van der Waals surface area contributed by atoms with Crippen molar-refractivity contribution in [2.24, 2.45) is 0 Å². The molecule has 8 nitrogen and oxygen atoms in total. The van der Waals surface area contributed by atoms with E-state index in [2.05, 4.69) is 20.0 Å². The van der Waals surface area contributed by atoms with Crippen LogP contribution in [0.25, 0.3) is 22.2 Å². The summed E-state index contributed by atoms with van der Waals surface area (Å²) in [6.45, 7) is 1.34. The van der Waals surface area contributed by atoms with Gasteiger partial charge in [-0.05, 0) is 61.3 Å². The van der Waals surface area contributed by atoms with Crippen molar-refractivity contribution in [3.63, 3.8) is 0 Å². The highest BCUT2D eigenvalue weighted by atomic mass is 32.2. The molecule has 0 radical (unpaired) electrons. The van der Waals surface area contributed by atoms with Crippen LogP contribution in [0.15, 0.2) is 47.5 Å². The van der Waals surface area contributed by atoms with Crippen molar-refractivity contribution in [3.05, 3.63) is 48.3 Å². The van der Waals surface area contributed by atoms with Gasteiger partial charge in [-0.2, -0.15) is 0 Å². The molecule has 4 N–H and O–H groups in total. The summed E-state index contributed by atoms with van der Waals surface area (Å²) in [5, 5.41) is 10.7. The van der Waals surface area contributed by atoms with Crippen LogP contribution in [-0.4, -0.2) is 49.1 Å². The summed E-state index contributed by atoms with van der Waals surface area (Å²) in [6.07, 6.45) is 0.432. The third-order valence-corrected chi connectivity index (χ3v) is 6.46. The molecule has 3 aromatic rings. The van der Waals surface area contributed by atoms with E-state index in [-0.39, 0.29) is 23.1 Å². The highest BCUT2D eigenvalue weighted by Gasteiger charge is 2.22. The minimum Gasteiger partial charge on any atom is -0.483 e. The minimum absolute atomic E-state index is 0.0710. The number of halogens is 2. The van der Waals surface area contributed by atoms with E-state index in [4.69, 9.17) is 9.90 Å². The molecule has 1 aromatic carbocycles. The molecular weight excluding hydrogens is 430 g/mol. The van der Waals surface area contributed by atoms with Crippen molar-refractivity contribution >= 4 is 27.5 Å². The summed E-state index contributed by atoms with van der Waals surface area (Å²) >= 11 is 0. The zero-order chi connectivity index (χ0) is 22.4. The minimum atomic E-state index is -3.60. The molecule has 2 aromatic heterocycles. The number of fused-ring (bicyclic) bond motifs is 1. The molecule has 11 heteroatoms. The van der Waals surface area contributed by atoms with Gasteiger partial charge in [0.2, 0.25) is 10.0 Å². The van der Waals surface area contributed by atoms with Crippen molar-refractivity contribution in [2.45, 2.75) is 30.2 Å². The van der Waals surface area contributed by atoms with Gasteiger partial charge < -0.3 is 15.4 Å². The summed E-state index contributed by atoms with van der Waals surface area (Å²) in [4.78, 5) is 15.3. The standard InChI is InChI=1S/C19H20F2N4O2S.CH2O2/c20-18(21)17-11-16-15(7-10-23-19(16)24-17)12-1-3-14(4-2-12)28(26,27)25-13-5-8-22-9-6-13;2-1-3/h1-4,7,10-11,13,18,22,25H,5-6,8-9H2,(H,23,24);1H,(H,2,3). The number of nitrogens with zero attached hydrogens (tertiary/aromatic N) is 1. The average Bonchev–Trinajstić information content (AvgIpc) is 3.20. The van der Waals surface area contributed by atoms with E-state index in [9.17, 15) is 17.2 Å². The second kappa shape index (κ2) is 9.94. The van der Waals surface area contributed by atoms with E-state index in [0.29, 0.717) is 16.6 Å². The monoisotopic (exact) mass is 452 g/mol. The lowest BCUT2D eigenvalue weighted by Gasteiger charge is -2.23. The maximum absolute atomic E-state index is 13.0. The van der Waals surface area contributed by atoms with Gasteiger partial charge in [-0.3, -0.25) is 4.79 Å². The predicted octanol–water partition coefficient (Wildman–Crippen LogP) is 2.90. The molecule has 31 heavy (non-hydrogen) atoms. The Morgan fingerprint density at radius 2 is 1.81 bits per heavy atom. The summed E-state index contributed by atoms with van der Waals surface area (Å²) in [5.74, 6) is 0. The van der Waals surface area contributed by atoms with Crippen LogP contribution in [0.4, 0.5) is 8.78 Å². The second-order valence-corrected chi connectivity index (χ2v) is 8.64. The van der Waals surface area contributed by atoms with Crippen LogP contribution in [0.1, 0.15) is 25.0 Å². The number of aromatic nitrogens is 2. The van der Waals surface area contributed by atoms with Crippen LogP contribution in [-0.2, 0) is 14.8 Å². The first-order valence-corrected chi connectivity index (χ1v) is 11.0. The van der Waals surface area contributed by atoms with Gasteiger partial charge in [-0.1, -0.05) is 12.1 Å². The zero-order valence-electron chi connectivity index (χ0n) is 16.4. The van der Waals surface area contributed by atoms with Gasteiger partial charge in [-0.15, -0.1) is 0 Å². The number of nitrogens with one attached hydrogen (secondary N) is 3. The Hall–Kier alpha value is -2.89. The summed E-state index contributed by atoms with van der Waals surface area (Å²) in [5.41, 5.74) is 1.62. The highest BCUT2D eigenvalue weighted by Crippen LogP contribution is 2.31. The van der Waals surface area contributed by atoms with E-state index in [1.165, 1.54) is 24.4 Å². The number of H-pyrrole nitrogens is 1. The largest absolute Gasteiger partial charge is 0.483 e. The van der Waals surface area contributed by atoms with Crippen molar-refractivity contribution in [1.82, 2.24) is 20.0 Å². The highest BCUT2D eigenvalue weighted by molar-refractivity contribution is 7.89. The number of rotatable bonds is 5. The molecule has 166 valence electrons. The Bertz CT molecular complexity index is 1130. The number of hydrogen-bond acceptors (Lipinski definition) is 5. The molecule has 1 saturated heterocycles. The molecule has 0 amide bonds. The first-order valence-electron chi connectivity index (χ1n) is 9.53. The van der Waals surface area contributed by atoms with Crippen molar-refractivity contribution in [3.8, 4) is 11.1 Å². The van der Waals surface area contributed by atoms with E-state index in [1.54, 1.807) is 18.2 Å². The molecule has 0 spiro atoms. The molecule has 0 bridgehead atoms. The third kappa shape index (κ3) is 5.43. The second-order valence-electron chi connectivity index (χ2n) is 6.92. The zero-order valence-corrected chi connectivity index (χ0v) is 17.2. The molecular formula is C20H22F2N4O4S. The van der Waals surface area contributed by atoms with Crippen LogP contribution in [0.5, 0.6) is 0 Å². The van der Waals surface area contributed by atoms with Gasteiger partial charge in [0.05, 0.1) is 10.6 Å². The van der Waals surface area contributed by atoms with Crippen LogP contribution >= 0.6 is 0 Å². The first kappa shape index (κ1) is 22.8. The molecule has 0 saturated carbocycles. The topological polar surface area (TPSA) is 124 Å². The molecule has 1 aliphatic rings. The number of aromatic amines is 1. The number of sulfonamides is 1. The smallest absolute Gasteiger partial charge is 0.290 e. The predicted molar refractivity (Wildman–Crippen MR) is 111 cm³/mol. The van der Waals surface area contributed by atoms with Gasteiger partial charge in [0, 0.05) is 17.6 Å². The number of piperidine rings is 1. The lowest BCUT2D eigenvalue weighted by molar-refractivity contribution is -0.122. The Morgan fingerprint density at radius 1 is 1.16 bits per heavy atom. The van der Waals surface area contributed by atoms with Crippen molar-refractivity contribution < 1.29 is 27.1 Å². The normalized spacial score (nSPS) is 14.9. The Balaban J connectivity index is 0.000000858. The number of carboxylic acid groups (broad SMARTS) is 1. The van der Waals surface area contributed by atoms with Crippen LogP contribution in [0.2, 0.25) is 0 Å². The van der Waals surface area contributed by atoms with Crippen molar-refractivity contribution in [1.29, 1.82) is 0 Å². The molecule has 1 aliphatic heterocycles. The summed E-state index contributed by atoms with van der Waals surface area (Å²) in [6, 6.07) is 9.46. The van der Waals surface area contributed by atoms with E-state index >= 15 is 0 Å². The molecule has 1 fully saturated rings. The Morgan fingerprint density at radius 3 is 2.42 bits per heavy atom. The van der Waals surface area contributed by atoms with Crippen LogP contribution in [0.3, 0.4) is 0 Å². The van der Waals surface area contributed by atoms with E-state index < -0.39 is 16.4 Å². The lowest BCUT2D eigenvalue weighted by Crippen LogP contribution is -2.42. The number of benzene rings is 1. The number of hydrogen-bond donors (Lipinski definition) is 4. The first-order chi connectivity index (χ1) is 14.9. The number of alkyl halides is 2. The third-order valence-electron chi connectivity index (χ3n) is 4.92. The van der Waals surface area contributed by atoms with Gasteiger partial charge in [-0.25, -0.2) is 26.9 Å². The van der Waals surface area contributed by atoms with Gasteiger partial charge in [0.15, 0.2) is 0 Å². The maximum atomic E-state index is 13.0. The lowest BCUT2D eigenvalue weighted by atomic mass is 10.0. The maximum Gasteiger partial charge on any atom is 0.290 e. The summed E-state index contributed by atoms with van der Waals surface area (Å²) < 4.78 is 53.9. The van der Waals surface area contributed by atoms with E-state index in [0.717, 1.165) is 31.5 Å². The van der Waals surface area contributed by atoms with E-state index in [1.807, 2.05) is 0 Å². The molecule has 0 unspecified atom stereocenters. The Kier molecular flexibility index (Phi) is 7.31. The number of pyridine rings is 1. The van der Waals surface area contributed by atoms with Gasteiger partial charge in [0.25, 0.3) is 12.9 Å². The SMILES string of the molecule is O=CO.O=S(=O)(NC1CCNCC1)c1ccc(-c2ccnc3[nH]c(C(F)F)cc23)cc1. The molecule has 0 aliphatic carbocycles. The van der Waals surface area contributed by atoms with Crippen molar-refractivity contribution in [2.75, 3.05) is 13.1 Å². The fourth-order valence-corrected chi connectivity index (χ4v) is 4.76. The molecule has 0 atom stereocenters. The summed E-state index contributed by atoms with van der Waals surface area (Å²) in [7, 11) is -3.60. The quantitative estimate of drug-likeness (QED) is 0.441.